The van der Waals surface area contributed by atoms with Gasteiger partial charge in [0, 0.05) is 12.2 Å². The smallest absolute Gasteiger partial charge is 0.317 e. The minimum absolute atomic E-state index is 0.246. The zero-order valence-electron chi connectivity index (χ0n) is 11.5. The van der Waals surface area contributed by atoms with E-state index in [0.29, 0.717) is 12.6 Å². The van der Waals surface area contributed by atoms with Crippen LogP contribution in [0.25, 0.3) is 0 Å². The van der Waals surface area contributed by atoms with Crippen LogP contribution in [0.4, 0.5) is 0 Å². The molecule has 0 aliphatic heterocycles. The molecule has 18 heavy (non-hydrogen) atoms. The molecule has 2 N–H and O–H groups in total. The fourth-order valence-electron chi connectivity index (χ4n) is 2.88. The van der Waals surface area contributed by atoms with Gasteiger partial charge >= 0.3 is 6.01 Å². The Morgan fingerprint density at radius 3 is 2.50 bits per heavy atom. The van der Waals surface area contributed by atoms with Crippen LogP contribution in [0.5, 0.6) is 6.01 Å². The van der Waals surface area contributed by atoms with Gasteiger partial charge in [0.15, 0.2) is 0 Å². The fourth-order valence-corrected chi connectivity index (χ4v) is 2.88. The van der Waals surface area contributed by atoms with Gasteiger partial charge in [-0.05, 0) is 44.1 Å². The van der Waals surface area contributed by atoms with Crippen molar-refractivity contribution >= 4 is 0 Å². The van der Waals surface area contributed by atoms with Gasteiger partial charge in [-0.2, -0.15) is 4.98 Å². The Morgan fingerprint density at radius 2 is 1.89 bits per heavy atom. The monoisotopic (exact) mass is 249 g/mol. The van der Waals surface area contributed by atoms with E-state index in [9.17, 15) is 0 Å². The first-order valence-electron chi connectivity index (χ1n) is 6.78. The van der Waals surface area contributed by atoms with E-state index in [1.807, 2.05) is 13.0 Å². The van der Waals surface area contributed by atoms with Crippen molar-refractivity contribution in [1.82, 2.24) is 9.97 Å². The Morgan fingerprint density at radius 1 is 1.22 bits per heavy atom. The predicted octanol–water partition coefficient (Wildman–Crippen LogP) is 2.45. The SMILES string of the molecule is Cc1cc(CN)nc(OC2CC(C)CC(C)C2)n1. The standard InChI is InChI=1S/C14H23N3O/c1-9-4-10(2)6-13(5-9)18-14-16-11(3)7-12(8-15)17-14/h7,9-10,13H,4-6,8,15H2,1-3H3. The van der Waals surface area contributed by atoms with Gasteiger partial charge in [-0.25, -0.2) is 4.98 Å². The first-order chi connectivity index (χ1) is 8.56. The van der Waals surface area contributed by atoms with Crippen LogP contribution in [0.15, 0.2) is 6.07 Å². The van der Waals surface area contributed by atoms with Crippen molar-refractivity contribution in [2.75, 3.05) is 0 Å². The third-order valence-corrected chi connectivity index (χ3v) is 3.50. The lowest BCUT2D eigenvalue weighted by Crippen LogP contribution is -2.29. The highest BCUT2D eigenvalue weighted by atomic mass is 16.5. The van der Waals surface area contributed by atoms with Crippen LogP contribution in [0.1, 0.15) is 44.5 Å². The molecule has 1 heterocycles. The van der Waals surface area contributed by atoms with Crippen molar-refractivity contribution < 1.29 is 4.74 Å². The summed E-state index contributed by atoms with van der Waals surface area (Å²) in [6, 6.07) is 2.39. The van der Waals surface area contributed by atoms with E-state index in [0.717, 1.165) is 36.1 Å². The molecule has 1 aliphatic carbocycles. The van der Waals surface area contributed by atoms with E-state index in [2.05, 4.69) is 23.8 Å². The predicted molar refractivity (Wildman–Crippen MR) is 71.3 cm³/mol. The fraction of sp³-hybridized carbons (Fsp3) is 0.714. The first-order valence-corrected chi connectivity index (χ1v) is 6.78. The topological polar surface area (TPSA) is 61.0 Å². The number of nitrogens with zero attached hydrogens (tertiary/aromatic N) is 2. The quantitative estimate of drug-likeness (QED) is 0.893. The molecule has 0 saturated heterocycles. The number of ether oxygens (including phenoxy) is 1. The van der Waals surface area contributed by atoms with Gasteiger partial charge in [0.25, 0.3) is 0 Å². The Hall–Kier alpha value is -1.16. The zero-order valence-corrected chi connectivity index (χ0v) is 11.5. The lowest BCUT2D eigenvalue weighted by Gasteiger charge is -2.31. The van der Waals surface area contributed by atoms with E-state index in [-0.39, 0.29) is 6.10 Å². The molecular formula is C14H23N3O. The molecule has 2 atom stereocenters. The molecule has 4 nitrogen and oxygen atoms in total. The summed E-state index contributed by atoms with van der Waals surface area (Å²) in [5.41, 5.74) is 7.38. The lowest BCUT2D eigenvalue weighted by molar-refractivity contribution is 0.0916. The van der Waals surface area contributed by atoms with Crippen LogP contribution < -0.4 is 10.5 Å². The largest absolute Gasteiger partial charge is 0.460 e. The van der Waals surface area contributed by atoms with Crippen LogP contribution >= 0.6 is 0 Å². The second kappa shape index (κ2) is 5.65. The molecule has 0 radical (unpaired) electrons. The number of hydrogen-bond acceptors (Lipinski definition) is 4. The average molecular weight is 249 g/mol. The van der Waals surface area contributed by atoms with E-state index < -0.39 is 0 Å². The van der Waals surface area contributed by atoms with Crippen LogP contribution in [-0.2, 0) is 6.54 Å². The molecular weight excluding hydrogens is 226 g/mol. The van der Waals surface area contributed by atoms with E-state index in [1.54, 1.807) is 0 Å². The van der Waals surface area contributed by atoms with Crippen molar-refractivity contribution in [2.45, 2.75) is 52.7 Å². The maximum absolute atomic E-state index is 5.94. The summed E-state index contributed by atoms with van der Waals surface area (Å²) in [5, 5.41) is 0. The Kier molecular flexibility index (Phi) is 4.17. The Labute approximate surface area is 109 Å². The van der Waals surface area contributed by atoms with Crippen LogP contribution in [0.2, 0.25) is 0 Å². The van der Waals surface area contributed by atoms with Crippen molar-refractivity contribution in [3.05, 3.63) is 17.5 Å². The normalized spacial score (nSPS) is 28.1. The van der Waals surface area contributed by atoms with Crippen molar-refractivity contribution in [3.8, 4) is 6.01 Å². The van der Waals surface area contributed by atoms with Crippen LogP contribution in [-0.4, -0.2) is 16.1 Å². The Bertz CT molecular complexity index is 398. The highest BCUT2D eigenvalue weighted by Gasteiger charge is 2.25. The summed E-state index contributed by atoms with van der Waals surface area (Å²) < 4.78 is 5.94. The highest BCUT2D eigenvalue weighted by Crippen LogP contribution is 2.30. The van der Waals surface area contributed by atoms with Gasteiger partial charge in [0.2, 0.25) is 0 Å². The number of aryl methyl sites for hydroxylation is 1. The van der Waals surface area contributed by atoms with Crippen LogP contribution in [0.3, 0.4) is 0 Å². The van der Waals surface area contributed by atoms with Gasteiger partial charge < -0.3 is 10.5 Å². The number of nitrogens with two attached hydrogens (primary N) is 1. The summed E-state index contributed by atoms with van der Waals surface area (Å²) in [6.45, 7) is 6.94. The minimum Gasteiger partial charge on any atom is -0.460 e. The summed E-state index contributed by atoms with van der Waals surface area (Å²) in [5.74, 6) is 1.44. The first kappa shape index (κ1) is 13.3. The molecule has 1 aliphatic rings. The number of hydrogen-bond donors (Lipinski definition) is 1. The summed E-state index contributed by atoms with van der Waals surface area (Å²) in [4.78, 5) is 8.67. The van der Waals surface area contributed by atoms with Crippen LogP contribution in [0, 0.1) is 18.8 Å². The highest BCUT2D eigenvalue weighted by molar-refractivity contribution is 5.12. The molecule has 100 valence electrons. The molecule has 1 aromatic heterocycles. The molecule has 1 fully saturated rings. The molecule has 2 unspecified atom stereocenters. The molecule has 1 aromatic rings. The molecule has 0 amide bonds. The second-order valence-corrected chi connectivity index (χ2v) is 5.64. The molecule has 2 rings (SSSR count). The summed E-state index contributed by atoms with van der Waals surface area (Å²) in [6.07, 6.45) is 3.73. The van der Waals surface area contributed by atoms with E-state index in [4.69, 9.17) is 10.5 Å². The van der Waals surface area contributed by atoms with E-state index >= 15 is 0 Å². The molecule has 0 bridgehead atoms. The van der Waals surface area contributed by atoms with Gasteiger partial charge in [0.1, 0.15) is 6.10 Å². The molecule has 0 aromatic carbocycles. The number of rotatable bonds is 3. The molecule has 4 heteroatoms. The maximum atomic E-state index is 5.94. The van der Waals surface area contributed by atoms with E-state index in [1.165, 1.54) is 6.42 Å². The molecule has 1 saturated carbocycles. The maximum Gasteiger partial charge on any atom is 0.317 e. The zero-order chi connectivity index (χ0) is 13.1. The minimum atomic E-state index is 0.246. The van der Waals surface area contributed by atoms with Gasteiger partial charge in [-0.1, -0.05) is 13.8 Å². The number of aromatic nitrogens is 2. The third-order valence-electron chi connectivity index (χ3n) is 3.50. The van der Waals surface area contributed by atoms with Crippen molar-refractivity contribution in [3.63, 3.8) is 0 Å². The van der Waals surface area contributed by atoms with Crippen molar-refractivity contribution in [2.24, 2.45) is 17.6 Å². The molecule has 0 spiro atoms. The lowest BCUT2D eigenvalue weighted by atomic mass is 9.82. The summed E-state index contributed by atoms with van der Waals surface area (Å²) in [7, 11) is 0. The van der Waals surface area contributed by atoms with Gasteiger partial charge in [-0.15, -0.1) is 0 Å². The van der Waals surface area contributed by atoms with Gasteiger partial charge in [-0.3, -0.25) is 0 Å². The second-order valence-electron chi connectivity index (χ2n) is 5.64. The Balaban J connectivity index is 2.06. The average Bonchev–Trinajstić information content (AvgIpc) is 2.26. The van der Waals surface area contributed by atoms with Gasteiger partial charge in [0.05, 0.1) is 5.69 Å². The van der Waals surface area contributed by atoms with Crippen molar-refractivity contribution in [1.29, 1.82) is 0 Å². The third kappa shape index (κ3) is 3.42. The summed E-state index contributed by atoms with van der Waals surface area (Å²) >= 11 is 0.